The van der Waals surface area contributed by atoms with Gasteiger partial charge in [-0.2, -0.15) is 5.10 Å². The van der Waals surface area contributed by atoms with Crippen LogP contribution < -0.4 is 5.32 Å². The van der Waals surface area contributed by atoms with Crippen LogP contribution in [0.1, 0.15) is 12.7 Å². The van der Waals surface area contributed by atoms with Crippen LogP contribution in [0.15, 0.2) is 30.6 Å². The van der Waals surface area contributed by atoms with E-state index in [2.05, 4.69) is 15.4 Å². The largest absolute Gasteiger partial charge is 0.310 e. The molecule has 0 amide bonds. The van der Waals surface area contributed by atoms with Crippen LogP contribution in [0.2, 0.25) is 0 Å². The predicted molar refractivity (Wildman–Crippen MR) is 65.4 cm³/mol. The standard InChI is InChI=1S/C11H13N5O2/c1-2-12-7-11-13-8-14-15(11)9-5-3-4-6-10(9)16(17)18/h3-6,8,12H,2,7H2,1H3. The predicted octanol–water partition coefficient (Wildman–Crippen LogP) is 1.28. The SMILES string of the molecule is CCNCc1ncnn1-c1ccccc1[N+](=O)[O-]. The molecular weight excluding hydrogens is 234 g/mol. The molecule has 1 aromatic carbocycles. The minimum Gasteiger partial charge on any atom is -0.310 e. The number of nitrogens with one attached hydrogen (secondary N) is 1. The Kier molecular flexibility index (Phi) is 3.63. The molecular formula is C11H13N5O2. The third kappa shape index (κ3) is 2.35. The van der Waals surface area contributed by atoms with E-state index >= 15 is 0 Å². The monoisotopic (exact) mass is 247 g/mol. The minimum absolute atomic E-state index is 0.0146. The summed E-state index contributed by atoms with van der Waals surface area (Å²) >= 11 is 0. The molecule has 0 fully saturated rings. The zero-order chi connectivity index (χ0) is 13.0. The topological polar surface area (TPSA) is 85.9 Å². The number of para-hydroxylation sites is 2. The Morgan fingerprint density at radius 1 is 1.44 bits per heavy atom. The minimum atomic E-state index is -0.423. The molecule has 0 aliphatic heterocycles. The van der Waals surface area contributed by atoms with Crippen molar-refractivity contribution in [3.8, 4) is 5.69 Å². The molecule has 7 heteroatoms. The first-order valence-corrected chi connectivity index (χ1v) is 5.57. The lowest BCUT2D eigenvalue weighted by Gasteiger charge is -2.06. The third-order valence-corrected chi connectivity index (χ3v) is 2.46. The van der Waals surface area contributed by atoms with Crippen LogP contribution in [-0.4, -0.2) is 26.2 Å². The van der Waals surface area contributed by atoms with Crippen molar-refractivity contribution >= 4 is 5.69 Å². The fourth-order valence-electron chi connectivity index (χ4n) is 1.62. The van der Waals surface area contributed by atoms with E-state index in [9.17, 15) is 10.1 Å². The average molecular weight is 247 g/mol. The van der Waals surface area contributed by atoms with Gasteiger partial charge in [0.2, 0.25) is 0 Å². The fraction of sp³-hybridized carbons (Fsp3) is 0.273. The Bertz CT molecular complexity index is 552. The second-order valence-corrected chi connectivity index (χ2v) is 3.61. The van der Waals surface area contributed by atoms with Gasteiger partial charge in [-0.15, -0.1) is 0 Å². The first kappa shape index (κ1) is 12.2. The summed E-state index contributed by atoms with van der Waals surface area (Å²) in [5, 5.41) is 18.1. The molecule has 0 atom stereocenters. The summed E-state index contributed by atoms with van der Waals surface area (Å²) in [4.78, 5) is 14.6. The Morgan fingerprint density at radius 2 is 2.22 bits per heavy atom. The summed E-state index contributed by atoms with van der Waals surface area (Å²) in [6, 6.07) is 6.47. The molecule has 7 nitrogen and oxygen atoms in total. The molecule has 0 aliphatic carbocycles. The van der Waals surface area contributed by atoms with Gasteiger partial charge in [0.25, 0.3) is 5.69 Å². The maximum Gasteiger partial charge on any atom is 0.294 e. The molecule has 0 spiro atoms. The van der Waals surface area contributed by atoms with Crippen molar-refractivity contribution in [2.24, 2.45) is 0 Å². The fourth-order valence-corrected chi connectivity index (χ4v) is 1.62. The number of benzene rings is 1. The summed E-state index contributed by atoms with van der Waals surface area (Å²) in [7, 11) is 0. The van der Waals surface area contributed by atoms with Gasteiger partial charge in [0.15, 0.2) is 0 Å². The van der Waals surface area contributed by atoms with Crippen molar-refractivity contribution in [3.05, 3.63) is 46.5 Å². The molecule has 0 unspecified atom stereocenters. The van der Waals surface area contributed by atoms with Gasteiger partial charge >= 0.3 is 0 Å². The number of aromatic nitrogens is 3. The third-order valence-electron chi connectivity index (χ3n) is 2.46. The van der Waals surface area contributed by atoms with Crippen LogP contribution in [0, 0.1) is 10.1 Å². The van der Waals surface area contributed by atoms with Crippen molar-refractivity contribution in [2.45, 2.75) is 13.5 Å². The molecule has 0 radical (unpaired) electrons. The lowest BCUT2D eigenvalue weighted by molar-refractivity contribution is -0.384. The summed E-state index contributed by atoms with van der Waals surface area (Å²) in [5.41, 5.74) is 0.439. The molecule has 2 aromatic rings. The van der Waals surface area contributed by atoms with Gasteiger partial charge in [-0.3, -0.25) is 10.1 Å². The van der Waals surface area contributed by atoms with E-state index in [1.165, 1.54) is 17.1 Å². The number of nitro benzene ring substituents is 1. The Labute approximate surface area is 104 Å². The van der Waals surface area contributed by atoms with Crippen LogP contribution in [0.3, 0.4) is 0 Å². The molecule has 0 bridgehead atoms. The van der Waals surface area contributed by atoms with Crippen molar-refractivity contribution in [3.63, 3.8) is 0 Å². The summed E-state index contributed by atoms with van der Waals surface area (Å²) in [5.74, 6) is 0.645. The van der Waals surface area contributed by atoms with Gasteiger partial charge < -0.3 is 5.32 Å². The zero-order valence-corrected chi connectivity index (χ0v) is 9.91. The second kappa shape index (κ2) is 5.37. The van der Waals surface area contributed by atoms with Crippen LogP contribution in [0.4, 0.5) is 5.69 Å². The van der Waals surface area contributed by atoms with Gasteiger partial charge in [0.1, 0.15) is 17.8 Å². The Hall–Kier alpha value is -2.28. The lowest BCUT2D eigenvalue weighted by atomic mass is 10.2. The maximum absolute atomic E-state index is 11.0. The van der Waals surface area contributed by atoms with Crippen molar-refractivity contribution in [1.82, 2.24) is 20.1 Å². The van der Waals surface area contributed by atoms with Crippen LogP contribution in [-0.2, 0) is 6.54 Å². The molecule has 2 rings (SSSR count). The highest BCUT2D eigenvalue weighted by Gasteiger charge is 2.17. The number of rotatable bonds is 5. The molecule has 1 heterocycles. The first-order valence-electron chi connectivity index (χ1n) is 5.57. The molecule has 0 saturated heterocycles. The van der Waals surface area contributed by atoms with E-state index in [4.69, 9.17) is 0 Å². The molecule has 0 saturated carbocycles. The van der Waals surface area contributed by atoms with Crippen molar-refractivity contribution in [1.29, 1.82) is 0 Å². The van der Waals surface area contributed by atoms with E-state index in [0.717, 1.165) is 6.54 Å². The summed E-state index contributed by atoms with van der Waals surface area (Å²) in [6.07, 6.45) is 1.39. The van der Waals surface area contributed by atoms with Crippen molar-refractivity contribution in [2.75, 3.05) is 6.54 Å². The normalized spacial score (nSPS) is 10.5. The quantitative estimate of drug-likeness (QED) is 0.635. The zero-order valence-electron chi connectivity index (χ0n) is 9.91. The first-order chi connectivity index (χ1) is 8.74. The van der Waals surface area contributed by atoms with Gasteiger partial charge in [-0.1, -0.05) is 19.1 Å². The highest BCUT2D eigenvalue weighted by atomic mass is 16.6. The molecule has 94 valence electrons. The van der Waals surface area contributed by atoms with Gasteiger partial charge in [-0.05, 0) is 12.6 Å². The molecule has 0 aliphatic rings. The van der Waals surface area contributed by atoms with E-state index in [1.54, 1.807) is 18.2 Å². The highest BCUT2D eigenvalue weighted by Crippen LogP contribution is 2.22. The van der Waals surface area contributed by atoms with E-state index in [-0.39, 0.29) is 5.69 Å². The average Bonchev–Trinajstić information content (AvgIpc) is 2.84. The number of hydrogen-bond acceptors (Lipinski definition) is 5. The van der Waals surface area contributed by atoms with Gasteiger partial charge in [0, 0.05) is 6.07 Å². The number of hydrogen-bond donors (Lipinski definition) is 1. The Balaban J connectivity index is 2.42. The van der Waals surface area contributed by atoms with E-state index in [0.29, 0.717) is 18.1 Å². The van der Waals surface area contributed by atoms with Crippen molar-refractivity contribution < 1.29 is 4.92 Å². The highest BCUT2D eigenvalue weighted by molar-refractivity contribution is 5.51. The molecule has 1 aromatic heterocycles. The Morgan fingerprint density at radius 3 is 2.94 bits per heavy atom. The number of nitrogens with zero attached hydrogens (tertiary/aromatic N) is 4. The summed E-state index contributed by atoms with van der Waals surface area (Å²) in [6.45, 7) is 3.29. The van der Waals surface area contributed by atoms with Crippen LogP contribution in [0.25, 0.3) is 5.69 Å². The van der Waals surface area contributed by atoms with E-state index in [1.807, 2.05) is 6.92 Å². The van der Waals surface area contributed by atoms with Crippen LogP contribution >= 0.6 is 0 Å². The number of nitro groups is 1. The maximum atomic E-state index is 11.0. The second-order valence-electron chi connectivity index (χ2n) is 3.61. The van der Waals surface area contributed by atoms with E-state index < -0.39 is 4.92 Å². The van der Waals surface area contributed by atoms with Gasteiger partial charge in [0.05, 0.1) is 11.5 Å². The molecule has 18 heavy (non-hydrogen) atoms. The van der Waals surface area contributed by atoms with Gasteiger partial charge in [-0.25, -0.2) is 9.67 Å². The van der Waals surface area contributed by atoms with Crippen LogP contribution in [0.5, 0.6) is 0 Å². The molecule has 1 N–H and O–H groups in total. The lowest BCUT2D eigenvalue weighted by Crippen LogP contribution is -2.16. The summed E-state index contributed by atoms with van der Waals surface area (Å²) < 4.78 is 1.49. The smallest absolute Gasteiger partial charge is 0.294 e.